The summed E-state index contributed by atoms with van der Waals surface area (Å²) >= 11 is 6.55. The number of halogens is 2. The van der Waals surface area contributed by atoms with Crippen molar-refractivity contribution in [2.24, 2.45) is 5.41 Å². The molecule has 1 amide bonds. The number of nitrogens with zero attached hydrogens (tertiary/aromatic N) is 3. The Morgan fingerprint density at radius 2 is 1.88 bits per heavy atom. The lowest BCUT2D eigenvalue weighted by molar-refractivity contribution is -0.384. The molecule has 1 fully saturated rings. The number of rotatable bonds is 3. The van der Waals surface area contributed by atoms with Crippen molar-refractivity contribution < 1.29 is 18.8 Å². The highest BCUT2D eigenvalue weighted by atomic mass is 35.5. The minimum absolute atomic E-state index is 0.00230. The predicted octanol–water partition coefficient (Wildman–Crippen LogP) is 5.45. The van der Waals surface area contributed by atoms with Gasteiger partial charge in [-0.1, -0.05) is 44.5 Å². The Bertz CT molecular complexity index is 1120. The third-order valence-corrected chi connectivity index (χ3v) is 7.03. The first-order valence-electron chi connectivity index (χ1n) is 10.9. The maximum atomic E-state index is 14.9. The number of ether oxygens (including phenoxy) is 1. The highest BCUT2D eigenvalue weighted by Crippen LogP contribution is 2.57. The molecule has 2 heterocycles. The van der Waals surface area contributed by atoms with Crippen LogP contribution in [0.3, 0.4) is 0 Å². The normalized spacial score (nSPS) is 17.3. The number of carbonyl (C=O) groups excluding carboxylic acids is 1. The highest BCUT2D eigenvalue weighted by molar-refractivity contribution is 6.32. The number of nitro benzene ring substituents is 1. The zero-order valence-corrected chi connectivity index (χ0v) is 19.9. The number of nitro groups is 1. The van der Waals surface area contributed by atoms with Crippen LogP contribution in [0.5, 0.6) is 5.75 Å². The molecule has 2 aromatic carbocycles. The molecule has 0 N–H and O–H groups in total. The number of likely N-dealkylation sites (tertiary alicyclic amines) is 1. The molecule has 0 saturated carbocycles. The molecular weight excluding hydrogens is 449 g/mol. The van der Waals surface area contributed by atoms with Gasteiger partial charge in [-0.25, -0.2) is 4.39 Å². The van der Waals surface area contributed by atoms with Gasteiger partial charge >= 0.3 is 0 Å². The quantitative estimate of drug-likeness (QED) is 0.435. The second kappa shape index (κ2) is 8.17. The molecule has 1 saturated heterocycles. The second-order valence-corrected chi connectivity index (χ2v) is 10.1. The lowest BCUT2D eigenvalue weighted by Gasteiger charge is -2.42. The zero-order chi connectivity index (χ0) is 24.1. The van der Waals surface area contributed by atoms with E-state index < -0.39 is 21.6 Å². The first-order chi connectivity index (χ1) is 15.5. The Labute approximate surface area is 197 Å². The van der Waals surface area contributed by atoms with E-state index in [1.165, 1.54) is 19.2 Å². The van der Waals surface area contributed by atoms with E-state index in [1.54, 1.807) is 18.2 Å². The van der Waals surface area contributed by atoms with Crippen LogP contribution in [0.1, 0.15) is 39.2 Å². The summed E-state index contributed by atoms with van der Waals surface area (Å²) in [7, 11) is 1.44. The first-order valence-corrected chi connectivity index (χ1v) is 11.2. The SMILES string of the molecule is COc1cc(F)c(Cl)c2c1N(c1ccccc1[N+](=O)[O-])CC21CCN(C(=O)C(C)(C)C)CC1. The van der Waals surface area contributed by atoms with Gasteiger partial charge < -0.3 is 14.5 Å². The molecule has 2 aromatic rings. The minimum Gasteiger partial charge on any atom is -0.494 e. The number of amides is 1. The van der Waals surface area contributed by atoms with Crippen LogP contribution in [-0.2, 0) is 10.2 Å². The van der Waals surface area contributed by atoms with E-state index in [1.807, 2.05) is 30.6 Å². The zero-order valence-electron chi connectivity index (χ0n) is 19.2. The van der Waals surface area contributed by atoms with Crippen LogP contribution < -0.4 is 9.64 Å². The number of piperidine rings is 1. The van der Waals surface area contributed by atoms with Gasteiger partial charge in [0.2, 0.25) is 5.91 Å². The fourth-order valence-corrected chi connectivity index (χ4v) is 5.38. The van der Waals surface area contributed by atoms with Gasteiger partial charge in [0.15, 0.2) is 0 Å². The van der Waals surface area contributed by atoms with E-state index in [9.17, 15) is 19.3 Å². The van der Waals surface area contributed by atoms with Crippen molar-refractivity contribution in [2.75, 3.05) is 31.6 Å². The Morgan fingerprint density at radius 3 is 2.45 bits per heavy atom. The minimum atomic E-state index is -0.593. The molecule has 0 bridgehead atoms. The van der Waals surface area contributed by atoms with Crippen LogP contribution in [0.15, 0.2) is 30.3 Å². The molecule has 9 heteroatoms. The average molecular weight is 476 g/mol. The summed E-state index contributed by atoms with van der Waals surface area (Å²) in [5.74, 6) is -0.256. The average Bonchev–Trinajstić information content (AvgIpc) is 3.10. The largest absolute Gasteiger partial charge is 0.494 e. The van der Waals surface area contributed by atoms with Crippen molar-refractivity contribution in [1.82, 2.24) is 4.90 Å². The van der Waals surface area contributed by atoms with Crippen molar-refractivity contribution in [3.05, 3.63) is 56.8 Å². The molecule has 0 aromatic heterocycles. The van der Waals surface area contributed by atoms with E-state index in [0.717, 1.165) is 0 Å². The summed E-state index contributed by atoms with van der Waals surface area (Å²) < 4.78 is 20.4. The number of hydrogen-bond acceptors (Lipinski definition) is 5. The molecule has 0 atom stereocenters. The van der Waals surface area contributed by atoms with Gasteiger partial charge in [-0.3, -0.25) is 14.9 Å². The fraction of sp³-hybridized carbons (Fsp3) is 0.458. The molecule has 0 aliphatic carbocycles. The van der Waals surface area contributed by atoms with E-state index in [2.05, 4.69) is 0 Å². The monoisotopic (exact) mass is 475 g/mol. The number of carbonyl (C=O) groups is 1. The van der Waals surface area contributed by atoms with Gasteiger partial charge in [0.25, 0.3) is 5.69 Å². The smallest absolute Gasteiger partial charge is 0.292 e. The maximum absolute atomic E-state index is 14.9. The fourth-order valence-electron chi connectivity index (χ4n) is 5.03. The molecule has 7 nitrogen and oxygen atoms in total. The van der Waals surface area contributed by atoms with E-state index >= 15 is 0 Å². The Balaban J connectivity index is 1.83. The number of benzene rings is 2. The summed E-state index contributed by atoms with van der Waals surface area (Å²) in [6, 6.07) is 7.69. The van der Waals surface area contributed by atoms with E-state index in [0.29, 0.717) is 49.4 Å². The van der Waals surface area contributed by atoms with Crippen molar-refractivity contribution in [3.63, 3.8) is 0 Å². The van der Waals surface area contributed by atoms with Gasteiger partial charge in [-0.15, -0.1) is 0 Å². The number of anilines is 2. The molecule has 2 aliphatic heterocycles. The lowest BCUT2D eigenvalue weighted by Crippen LogP contribution is -2.49. The van der Waals surface area contributed by atoms with Crippen molar-refractivity contribution >= 4 is 34.6 Å². The summed E-state index contributed by atoms with van der Waals surface area (Å²) in [5.41, 5.74) is 0.427. The summed E-state index contributed by atoms with van der Waals surface area (Å²) in [6.07, 6.45) is 1.12. The summed E-state index contributed by atoms with van der Waals surface area (Å²) in [4.78, 5) is 27.8. The van der Waals surface area contributed by atoms with Crippen LogP contribution >= 0.6 is 11.6 Å². The van der Waals surface area contributed by atoms with Gasteiger partial charge in [0.1, 0.15) is 17.3 Å². The van der Waals surface area contributed by atoms with Crippen LogP contribution in [-0.4, -0.2) is 42.5 Å². The van der Waals surface area contributed by atoms with E-state index in [-0.39, 0.29) is 22.4 Å². The van der Waals surface area contributed by atoms with Crippen molar-refractivity contribution in [1.29, 1.82) is 0 Å². The molecule has 2 aliphatic rings. The Kier molecular flexibility index (Phi) is 5.76. The molecule has 176 valence electrons. The number of fused-ring (bicyclic) bond motifs is 2. The van der Waals surface area contributed by atoms with Crippen LogP contribution in [0.4, 0.5) is 21.5 Å². The van der Waals surface area contributed by atoms with Crippen LogP contribution in [0.25, 0.3) is 0 Å². The van der Waals surface area contributed by atoms with Gasteiger partial charge in [0.05, 0.1) is 22.7 Å². The summed E-state index contributed by atoms with van der Waals surface area (Å²) in [5, 5.41) is 11.8. The van der Waals surface area contributed by atoms with Gasteiger partial charge in [-0.05, 0) is 18.9 Å². The van der Waals surface area contributed by atoms with Gasteiger partial charge in [0, 0.05) is 48.2 Å². The third-order valence-electron chi connectivity index (χ3n) is 6.66. The van der Waals surface area contributed by atoms with Crippen molar-refractivity contribution in [2.45, 2.75) is 39.0 Å². The molecule has 1 spiro atoms. The maximum Gasteiger partial charge on any atom is 0.292 e. The van der Waals surface area contributed by atoms with Gasteiger partial charge in [-0.2, -0.15) is 0 Å². The Hall–Kier alpha value is -2.87. The summed E-state index contributed by atoms with van der Waals surface area (Å²) in [6.45, 7) is 7.03. The predicted molar refractivity (Wildman–Crippen MR) is 125 cm³/mol. The molecular formula is C24H27ClFN3O4. The molecule has 0 radical (unpaired) electrons. The lowest BCUT2D eigenvalue weighted by atomic mass is 9.73. The molecule has 4 rings (SSSR count). The molecule has 0 unspecified atom stereocenters. The van der Waals surface area contributed by atoms with Crippen molar-refractivity contribution in [3.8, 4) is 5.75 Å². The standard InChI is InChI=1S/C24H27ClFN3O4/c1-23(2,3)22(30)27-11-9-24(10-12-27)14-28(16-7-5-6-8-17(16)29(31)32)21-18(33-4)13-15(26)20(25)19(21)24/h5-8,13H,9-12,14H2,1-4H3. The first kappa shape index (κ1) is 23.3. The second-order valence-electron chi connectivity index (χ2n) is 9.75. The van der Waals surface area contributed by atoms with Crippen LogP contribution in [0.2, 0.25) is 5.02 Å². The number of para-hydroxylation sites is 2. The third kappa shape index (κ3) is 3.80. The van der Waals surface area contributed by atoms with E-state index in [4.69, 9.17) is 16.3 Å². The number of hydrogen-bond donors (Lipinski definition) is 0. The van der Waals surface area contributed by atoms with Crippen LogP contribution in [0, 0.1) is 21.3 Å². The number of methoxy groups -OCH3 is 1. The molecule has 33 heavy (non-hydrogen) atoms. The topological polar surface area (TPSA) is 75.9 Å². The Morgan fingerprint density at radius 1 is 1.24 bits per heavy atom. The highest BCUT2D eigenvalue weighted by Gasteiger charge is 2.50.